The Bertz CT molecular complexity index is 447. The Morgan fingerprint density at radius 3 is 2.50 bits per heavy atom. The Kier molecular flexibility index (Phi) is 3.64. The molecule has 0 spiro atoms. The van der Waals surface area contributed by atoms with Gasteiger partial charge in [0, 0.05) is 33.1 Å². The largest absolute Gasteiger partial charge is 0.445 e. The Morgan fingerprint density at radius 1 is 1.33 bits per heavy atom. The lowest BCUT2D eigenvalue weighted by molar-refractivity contribution is -0.134. The number of hydrogen-bond donors (Lipinski definition) is 0. The molecule has 2 amide bonds. The molecule has 98 valence electrons. The van der Waals surface area contributed by atoms with Crippen molar-refractivity contribution in [2.24, 2.45) is 0 Å². The lowest BCUT2D eigenvalue weighted by Gasteiger charge is -2.32. The van der Waals surface area contributed by atoms with Crippen LogP contribution in [-0.2, 0) is 16.0 Å². The summed E-state index contributed by atoms with van der Waals surface area (Å²) in [4.78, 5) is 30.2. The summed E-state index contributed by atoms with van der Waals surface area (Å²) in [6, 6.07) is 0. The number of nitrogens with zero attached hydrogens (tertiary/aromatic N) is 3. The average Bonchev–Trinajstić information content (AvgIpc) is 2.68. The van der Waals surface area contributed by atoms with E-state index in [0.29, 0.717) is 37.8 Å². The summed E-state index contributed by atoms with van der Waals surface area (Å²) in [6.45, 7) is 5.98. The van der Waals surface area contributed by atoms with Crippen LogP contribution in [0, 0.1) is 13.8 Å². The molecule has 0 radical (unpaired) electrons. The maximum atomic E-state index is 12.1. The average molecular weight is 251 g/mol. The van der Waals surface area contributed by atoms with Gasteiger partial charge >= 0.3 is 0 Å². The fourth-order valence-corrected chi connectivity index (χ4v) is 2.06. The minimum Gasteiger partial charge on any atom is -0.445 e. The summed E-state index contributed by atoms with van der Waals surface area (Å²) in [6.07, 6.45) is 1.07. The van der Waals surface area contributed by atoms with Crippen LogP contribution in [0.15, 0.2) is 4.42 Å². The van der Waals surface area contributed by atoms with Crippen LogP contribution in [-0.4, -0.2) is 53.3 Å². The highest BCUT2D eigenvalue weighted by Crippen LogP contribution is 2.12. The van der Waals surface area contributed by atoms with E-state index in [9.17, 15) is 9.59 Å². The van der Waals surface area contributed by atoms with Gasteiger partial charge in [0.25, 0.3) is 0 Å². The molecular formula is C12H17N3O3. The number of carbonyl (C=O) groups excluding carboxylic acids is 2. The molecule has 1 fully saturated rings. The molecule has 1 saturated heterocycles. The fourth-order valence-electron chi connectivity index (χ4n) is 2.06. The highest BCUT2D eigenvalue weighted by atomic mass is 16.4. The summed E-state index contributed by atoms with van der Waals surface area (Å²) < 4.78 is 5.39. The van der Waals surface area contributed by atoms with Gasteiger partial charge < -0.3 is 14.2 Å². The quantitative estimate of drug-likeness (QED) is 0.716. The number of oxazole rings is 1. The second kappa shape index (κ2) is 5.20. The van der Waals surface area contributed by atoms with Crippen molar-refractivity contribution in [3.05, 3.63) is 17.3 Å². The van der Waals surface area contributed by atoms with E-state index in [-0.39, 0.29) is 12.3 Å². The molecule has 0 unspecified atom stereocenters. The van der Waals surface area contributed by atoms with E-state index in [1.807, 2.05) is 6.92 Å². The van der Waals surface area contributed by atoms with E-state index in [2.05, 4.69) is 4.98 Å². The van der Waals surface area contributed by atoms with E-state index in [4.69, 9.17) is 4.42 Å². The van der Waals surface area contributed by atoms with Crippen molar-refractivity contribution < 1.29 is 14.0 Å². The Labute approximate surface area is 106 Å². The minimum atomic E-state index is 0.0276. The molecule has 1 aliphatic rings. The second-order valence-electron chi connectivity index (χ2n) is 4.44. The topological polar surface area (TPSA) is 66.7 Å². The van der Waals surface area contributed by atoms with Gasteiger partial charge in [0.05, 0.1) is 12.1 Å². The van der Waals surface area contributed by atoms with Gasteiger partial charge in [-0.15, -0.1) is 0 Å². The number of piperazine rings is 1. The van der Waals surface area contributed by atoms with Crippen molar-refractivity contribution in [3.63, 3.8) is 0 Å². The van der Waals surface area contributed by atoms with Crippen LogP contribution < -0.4 is 0 Å². The SMILES string of the molecule is Cc1nc(C)c(CC(=O)N2CCN(C=O)CC2)o1. The molecule has 6 nitrogen and oxygen atoms in total. The molecule has 0 bridgehead atoms. The van der Waals surface area contributed by atoms with Crippen molar-refractivity contribution in [2.45, 2.75) is 20.3 Å². The first-order valence-corrected chi connectivity index (χ1v) is 6.00. The standard InChI is InChI=1S/C12H17N3O3/c1-9-11(18-10(2)13-9)7-12(17)15-5-3-14(8-16)4-6-15/h8H,3-7H2,1-2H3. The molecule has 0 N–H and O–H groups in total. The van der Waals surface area contributed by atoms with Gasteiger partial charge in [-0.1, -0.05) is 0 Å². The van der Waals surface area contributed by atoms with E-state index in [1.54, 1.807) is 16.7 Å². The van der Waals surface area contributed by atoms with Crippen LogP contribution in [0.4, 0.5) is 0 Å². The first kappa shape index (κ1) is 12.6. The van der Waals surface area contributed by atoms with Gasteiger partial charge in [-0.2, -0.15) is 0 Å². The number of rotatable bonds is 3. The molecule has 18 heavy (non-hydrogen) atoms. The van der Waals surface area contributed by atoms with Crippen LogP contribution in [0.5, 0.6) is 0 Å². The van der Waals surface area contributed by atoms with Crippen LogP contribution in [0.25, 0.3) is 0 Å². The zero-order valence-electron chi connectivity index (χ0n) is 10.7. The Morgan fingerprint density at radius 2 is 2.00 bits per heavy atom. The zero-order valence-corrected chi connectivity index (χ0v) is 10.7. The number of carbonyl (C=O) groups is 2. The van der Waals surface area contributed by atoms with E-state index in [0.717, 1.165) is 12.1 Å². The van der Waals surface area contributed by atoms with Crippen LogP contribution >= 0.6 is 0 Å². The number of hydrogen-bond acceptors (Lipinski definition) is 4. The normalized spacial score (nSPS) is 15.9. The lowest BCUT2D eigenvalue weighted by atomic mass is 10.2. The summed E-state index contributed by atoms with van der Waals surface area (Å²) in [5.74, 6) is 1.25. The molecule has 0 atom stereocenters. The Hall–Kier alpha value is -1.85. The number of aromatic nitrogens is 1. The fraction of sp³-hybridized carbons (Fsp3) is 0.583. The number of aryl methyl sites for hydroxylation is 2. The van der Waals surface area contributed by atoms with Gasteiger partial charge in [0.15, 0.2) is 5.89 Å². The summed E-state index contributed by atoms with van der Waals surface area (Å²) in [7, 11) is 0. The Balaban J connectivity index is 1.93. The van der Waals surface area contributed by atoms with E-state index < -0.39 is 0 Å². The monoisotopic (exact) mass is 251 g/mol. The summed E-state index contributed by atoms with van der Waals surface area (Å²) >= 11 is 0. The van der Waals surface area contributed by atoms with Crippen molar-refractivity contribution in [1.29, 1.82) is 0 Å². The van der Waals surface area contributed by atoms with Crippen LogP contribution in [0.2, 0.25) is 0 Å². The van der Waals surface area contributed by atoms with Gasteiger partial charge in [0.1, 0.15) is 5.76 Å². The predicted octanol–water partition coefficient (Wildman–Crippen LogP) is 0.135. The van der Waals surface area contributed by atoms with Crippen LogP contribution in [0.1, 0.15) is 17.3 Å². The third-order valence-corrected chi connectivity index (χ3v) is 3.13. The van der Waals surface area contributed by atoms with Gasteiger partial charge in [0.2, 0.25) is 12.3 Å². The third-order valence-electron chi connectivity index (χ3n) is 3.13. The maximum absolute atomic E-state index is 12.1. The van der Waals surface area contributed by atoms with Crippen molar-refractivity contribution in [1.82, 2.24) is 14.8 Å². The summed E-state index contributed by atoms with van der Waals surface area (Å²) in [5, 5.41) is 0. The molecule has 2 rings (SSSR count). The minimum absolute atomic E-state index is 0.0276. The summed E-state index contributed by atoms with van der Waals surface area (Å²) in [5.41, 5.74) is 0.771. The maximum Gasteiger partial charge on any atom is 0.230 e. The molecule has 0 aliphatic carbocycles. The third kappa shape index (κ3) is 2.69. The molecule has 1 aromatic heterocycles. The molecule has 1 aromatic rings. The smallest absolute Gasteiger partial charge is 0.230 e. The lowest BCUT2D eigenvalue weighted by Crippen LogP contribution is -2.48. The molecule has 0 saturated carbocycles. The zero-order chi connectivity index (χ0) is 13.1. The van der Waals surface area contributed by atoms with Gasteiger partial charge in [-0.25, -0.2) is 4.98 Å². The van der Waals surface area contributed by atoms with Crippen molar-refractivity contribution >= 4 is 12.3 Å². The van der Waals surface area contributed by atoms with Crippen LogP contribution in [0.3, 0.4) is 0 Å². The van der Waals surface area contributed by atoms with Gasteiger partial charge in [-0.05, 0) is 6.92 Å². The molecule has 2 heterocycles. The highest BCUT2D eigenvalue weighted by molar-refractivity contribution is 5.78. The predicted molar refractivity (Wildman–Crippen MR) is 63.9 cm³/mol. The van der Waals surface area contributed by atoms with E-state index >= 15 is 0 Å². The number of amides is 2. The van der Waals surface area contributed by atoms with Crippen molar-refractivity contribution in [3.8, 4) is 0 Å². The van der Waals surface area contributed by atoms with Gasteiger partial charge in [-0.3, -0.25) is 9.59 Å². The molecule has 0 aromatic carbocycles. The van der Waals surface area contributed by atoms with E-state index in [1.165, 1.54) is 0 Å². The molecular weight excluding hydrogens is 234 g/mol. The first-order valence-electron chi connectivity index (χ1n) is 6.00. The molecule has 1 aliphatic heterocycles. The first-order chi connectivity index (χ1) is 8.60. The molecule has 6 heteroatoms. The highest BCUT2D eigenvalue weighted by Gasteiger charge is 2.22. The second-order valence-corrected chi connectivity index (χ2v) is 4.44. The van der Waals surface area contributed by atoms with Crippen molar-refractivity contribution in [2.75, 3.05) is 26.2 Å².